The van der Waals surface area contributed by atoms with Gasteiger partial charge in [0.2, 0.25) is 0 Å². The SMILES string of the molecule is CC(Nc1cccnc1-n1cccn1)c1ccnn1C. The molecule has 0 saturated heterocycles. The molecule has 1 atom stereocenters. The molecule has 1 unspecified atom stereocenters. The molecule has 0 amide bonds. The van der Waals surface area contributed by atoms with Gasteiger partial charge in [-0.25, -0.2) is 9.67 Å². The summed E-state index contributed by atoms with van der Waals surface area (Å²) in [6.07, 6.45) is 7.17. The number of aryl methyl sites for hydroxylation is 1. The zero-order valence-electron chi connectivity index (χ0n) is 11.4. The van der Waals surface area contributed by atoms with Gasteiger partial charge < -0.3 is 5.32 Å². The van der Waals surface area contributed by atoms with Crippen molar-refractivity contribution in [2.45, 2.75) is 13.0 Å². The summed E-state index contributed by atoms with van der Waals surface area (Å²) >= 11 is 0. The van der Waals surface area contributed by atoms with Gasteiger partial charge in [0.05, 0.1) is 17.4 Å². The average Bonchev–Trinajstić information content (AvgIpc) is 3.10. The molecule has 0 bridgehead atoms. The first-order valence-electron chi connectivity index (χ1n) is 6.45. The zero-order chi connectivity index (χ0) is 13.9. The molecule has 3 rings (SSSR count). The van der Waals surface area contributed by atoms with Crippen molar-refractivity contribution in [2.24, 2.45) is 7.05 Å². The lowest BCUT2D eigenvalue weighted by Gasteiger charge is -2.17. The summed E-state index contributed by atoms with van der Waals surface area (Å²) < 4.78 is 3.61. The zero-order valence-corrected chi connectivity index (χ0v) is 11.4. The van der Waals surface area contributed by atoms with Crippen LogP contribution in [0.3, 0.4) is 0 Å². The van der Waals surface area contributed by atoms with Gasteiger partial charge >= 0.3 is 0 Å². The van der Waals surface area contributed by atoms with Crippen molar-refractivity contribution in [3.63, 3.8) is 0 Å². The normalized spacial score (nSPS) is 12.3. The molecule has 0 aliphatic heterocycles. The van der Waals surface area contributed by atoms with Gasteiger partial charge in [-0.15, -0.1) is 0 Å². The Morgan fingerprint density at radius 1 is 1.10 bits per heavy atom. The smallest absolute Gasteiger partial charge is 0.176 e. The van der Waals surface area contributed by atoms with E-state index < -0.39 is 0 Å². The summed E-state index contributed by atoms with van der Waals surface area (Å²) in [6, 6.07) is 7.91. The molecular weight excluding hydrogens is 252 g/mol. The average molecular weight is 268 g/mol. The van der Waals surface area contributed by atoms with Crippen LogP contribution in [0.4, 0.5) is 5.69 Å². The van der Waals surface area contributed by atoms with Crippen LogP contribution < -0.4 is 5.32 Å². The van der Waals surface area contributed by atoms with E-state index in [0.717, 1.165) is 17.2 Å². The van der Waals surface area contributed by atoms with Gasteiger partial charge in [-0.2, -0.15) is 10.2 Å². The first-order chi connectivity index (χ1) is 9.75. The highest BCUT2D eigenvalue weighted by Crippen LogP contribution is 2.22. The van der Waals surface area contributed by atoms with Crippen LogP contribution in [0, 0.1) is 0 Å². The molecule has 0 aliphatic carbocycles. The minimum absolute atomic E-state index is 0.126. The Kier molecular flexibility index (Phi) is 3.20. The summed E-state index contributed by atoms with van der Waals surface area (Å²) in [4.78, 5) is 4.39. The second kappa shape index (κ2) is 5.16. The predicted octanol–water partition coefficient (Wildman–Crippen LogP) is 2.17. The second-order valence-corrected chi connectivity index (χ2v) is 4.57. The molecular formula is C14H16N6. The van der Waals surface area contributed by atoms with E-state index in [-0.39, 0.29) is 6.04 Å². The molecule has 6 nitrogen and oxygen atoms in total. The number of hydrogen-bond donors (Lipinski definition) is 1. The Labute approximate surface area is 117 Å². The van der Waals surface area contributed by atoms with Crippen LogP contribution in [0.15, 0.2) is 49.1 Å². The highest BCUT2D eigenvalue weighted by Gasteiger charge is 2.12. The molecule has 3 heterocycles. The first-order valence-corrected chi connectivity index (χ1v) is 6.45. The molecule has 0 radical (unpaired) electrons. The van der Waals surface area contributed by atoms with E-state index in [0.29, 0.717) is 0 Å². The summed E-state index contributed by atoms with van der Waals surface area (Å²) in [5, 5.41) is 11.9. The third-order valence-electron chi connectivity index (χ3n) is 3.18. The van der Waals surface area contributed by atoms with Crippen LogP contribution in [0.1, 0.15) is 18.7 Å². The van der Waals surface area contributed by atoms with Crippen molar-refractivity contribution in [1.82, 2.24) is 24.5 Å². The van der Waals surface area contributed by atoms with Gasteiger partial charge in [-0.3, -0.25) is 4.68 Å². The monoisotopic (exact) mass is 268 g/mol. The third kappa shape index (κ3) is 2.27. The van der Waals surface area contributed by atoms with Gasteiger partial charge in [0.15, 0.2) is 5.82 Å². The molecule has 1 N–H and O–H groups in total. The number of hydrogen-bond acceptors (Lipinski definition) is 4. The number of anilines is 1. The maximum Gasteiger partial charge on any atom is 0.176 e. The lowest BCUT2D eigenvalue weighted by molar-refractivity contribution is 0.674. The second-order valence-electron chi connectivity index (χ2n) is 4.57. The maximum atomic E-state index is 4.39. The van der Waals surface area contributed by atoms with Crippen molar-refractivity contribution in [3.8, 4) is 5.82 Å². The maximum absolute atomic E-state index is 4.39. The number of pyridine rings is 1. The Morgan fingerprint density at radius 2 is 2.00 bits per heavy atom. The quantitative estimate of drug-likeness (QED) is 0.787. The van der Waals surface area contributed by atoms with Gasteiger partial charge in [0.25, 0.3) is 0 Å². The fourth-order valence-electron chi connectivity index (χ4n) is 2.20. The van der Waals surface area contributed by atoms with Crippen LogP contribution in [0.25, 0.3) is 5.82 Å². The van der Waals surface area contributed by atoms with Gasteiger partial charge in [0.1, 0.15) is 0 Å². The summed E-state index contributed by atoms with van der Waals surface area (Å²) in [5.41, 5.74) is 2.05. The van der Waals surface area contributed by atoms with E-state index in [2.05, 4.69) is 27.4 Å². The minimum atomic E-state index is 0.126. The standard InChI is InChI=1S/C14H16N6/c1-11(13-6-9-16-19(13)2)18-12-5-3-7-15-14(12)20-10-4-8-17-20/h3-11,18H,1-2H3. The lowest BCUT2D eigenvalue weighted by atomic mass is 10.2. The third-order valence-corrected chi connectivity index (χ3v) is 3.18. The van der Waals surface area contributed by atoms with E-state index in [1.54, 1.807) is 23.3 Å². The molecule has 0 saturated carbocycles. The number of nitrogens with one attached hydrogen (secondary N) is 1. The fraction of sp³-hybridized carbons (Fsp3) is 0.214. The van der Waals surface area contributed by atoms with E-state index in [4.69, 9.17) is 0 Å². The van der Waals surface area contributed by atoms with Crippen molar-refractivity contribution in [3.05, 3.63) is 54.7 Å². The van der Waals surface area contributed by atoms with Crippen LogP contribution in [0.2, 0.25) is 0 Å². The molecule has 6 heteroatoms. The largest absolute Gasteiger partial charge is 0.374 e. The van der Waals surface area contributed by atoms with Gasteiger partial charge in [-0.1, -0.05) is 0 Å². The van der Waals surface area contributed by atoms with Crippen molar-refractivity contribution in [1.29, 1.82) is 0 Å². The summed E-state index contributed by atoms with van der Waals surface area (Å²) in [7, 11) is 1.94. The van der Waals surface area contributed by atoms with Crippen molar-refractivity contribution >= 4 is 5.69 Å². The number of nitrogens with zero attached hydrogens (tertiary/aromatic N) is 5. The predicted molar refractivity (Wildman–Crippen MR) is 76.6 cm³/mol. The van der Waals surface area contributed by atoms with Crippen LogP contribution in [0.5, 0.6) is 0 Å². The molecule has 0 fully saturated rings. The first kappa shape index (κ1) is 12.4. The van der Waals surface area contributed by atoms with Gasteiger partial charge in [0, 0.05) is 31.8 Å². The highest BCUT2D eigenvalue weighted by molar-refractivity contribution is 5.57. The molecule has 102 valence electrons. The number of aromatic nitrogens is 5. The van der Waals surface area contributed by atoms with E-state index in [1.165, 1.54) is 0 Å². The summed E-state index contributed by atoms with van der Waals surface area (Å²) in [6.45, 7) is 2.09. The minimum Gasteiger partial charge on any atom is -0.374 e. The Bertz CT molecular complexity index is 685. The Balaban J connectivity index is 1.90. The van der Waals surface area contributed by atoms with Crippen molar-refractivity contribution in [2.75, 3.05) is 5.32 Å². The van der Waals surface area contributed by atoms with E-state index in [9.17, 15) is 0 Å². The molecule has 0 aromatic carbocycles. The van der Waals surface area contributed by atoms with E-state index in [1.807, 2.05) is 42.2 Å². The highest BCUT2D eigenvalue weighted by atomic mass is 15.3. The fourth-order valence-corrected chi connectivity index (χ4v) is 2.20. The molecule has 0 aliphatic rings. The van der Waals surface area contributed by atoms with E-state index >= 15 is 0 Å². The van der Waals surface area contributed by atoms with Crippen LogP contribution in [-0.2, 0) is 7.05 Å². The molecule has 3 aromatic rings. The topological polar surface area (TPSA) is 60.6 Å². The lowest BCUT2D eigenvalue weighted by Crippen LogP contribution is -2.13. The molecule has 3 aromatic heterocycles. The van der Waals surface area contributed by atoms with Crippen LogP contribution >= 0.6 is 0 Å². The number of rotatable bonds is 4. The van der Waals surface area contributed by atoms with Crippen molar-refractivity contribution < 1.29 is 0 Å². The summed E-state index contributed by atoms with van der Waals surface area (Å²) in [5.74, 6) is 0.784. The van der Waals surface area contributed by atoms with Gasteiger partial charge in [-0.05, 0) is 31.2 Å². The molecule has 20 heavy (non-hydrogen) atoms. The Morgan fingerprint density at radius 3 is 2.70 bits per heavy atom. The van der Waals surface area contributed by atoms with Crippen LogP contribution in [-0.4, -0.2) is 24.5 Å². The Hall–Kier alpha value is -2.63. The molecule has 0 spiro atoms.